The Bertz CT molecular complexity index is 806. The van der Waals surface area contributed by atoms with E-state index in [4.69, 9.17) is 0 Å². The number of para-hydroxylation sites is 1. The van der Waals surface area contributed by atoms with Gasteiger partial charge in [0, 0.05) is 24.1 Å². The van der Waals surface area contributed by atoms with E-state index in [1.165, 1.54) is 17.9 Å². The van der Waals surface area contributed by atoms with Gasteiger partial charge in [0.15, 0.2) is 5.78 Å². The number of carbonyl (C=O) groups is 3. The lowest BCUT2D eigenvalue weighted by molar-refractivity contribution is -0.116. The van der Waals surface area contributed by atoms with Gasteiger partial charge in [-0.25, -0.2) is 0 Å². The highest BCUT2D eigenvalue weighted by Gasteiger charge is 2.34. The van der Waals surface area contributed by atoms with Gasteiger partial charge in [0.2, 0.25) is 11.7 Å². The van der Waals surface area contributed by atoms with Crippen molar-refractivity contribution < 1.29 is 14.4 Å². The third-order valence-corrected chi connectivity index (χ3v) is 3.50. The van der Waals surface area contributed by atoms with Gasteiger partial charge in [0.25, 0.3) is 0 Å². The van der Waals surface area contributed by atoms with Gasteiger partial charge in [-0.2, -0.15) is 0 Å². The van der Waals surface area contributed by atoms with Gasteiger partial charge in [0.1, 0.15) is 5.70 Å². The molecule has 2 aromatic carbocycles. The lowest BCUT2D eigenvalue weighted by Crippen LogP contribution is -2.26. The smallest absolute Gasteiger partial charge is 0.228 e. The third-order valence-electron chi connectivity index (χ3n) is 3.50. The first-order valence-electron chi connectivity index (χ1n) is 6.85. The normalized spacial score (nSPS) is 15.0. The summed E-state index contributed by atoms with van der Waals surface area (Å²) in [4.78, 5) is 38.0. The highest BCUT2D eigenvalue weighted by molar-refractivity contribution is 6.27. The number of hydrogen-bond acceptors (Lipinski definition) is 3. The molecule has 1 amide bonds. The largest absolute Gasteiger partial charge is 0.289 e. The van der Waals surface area contributed by atoms with E-state index in [1.807, 2.05) is 6.07 Å². The van der Waals surface area contributed by atoms with Gasteiger partial charge in [-0.15, -0.1) is 0 Å². The molecule has 1 aliphatic rings. The number of hydrogen-bond donors (Lipinski definition) is 0. The van der Waals surface area contributed by atoms with Crippen LogP contribution in [0.4, 0.5) is 5.69 Å². The van der Waals surface area contributed by atoms with Crippen LogP contribution in [-0.2, 0) is 4.79 Å². The number of carbonyl (C=O) groups excluding carboxylic acids is 3. The minimum absolute atomic E-state index is 0.0996. The standard InChI is InChI=1S/C18H13NO3/c1-12(20)19-15-10-6-5-9-14(15)18(22)16(19)11-17(21)13-7-3-2-4-8-13/h2-11H,1H3/b16-11+. The fraction of sp³-hybridized carbons (Fsp3) is 0.0556. The highest BCUT2D eigenvalue weighted by atomic mass is 16.2. The van der Waals surface area contributed by atoms with Gasteiger partial charge >= 0.3 is 0 Å². The van der Waals surface area contributed by atoms with Crippen molar-refractivity contribution in [2.24, 2.45) is 0 Å². The summed E-state index contributed by atoms with van der Waals surface area (Å²) in [5.74, 6) is -0.913. The Labute approximate surface area is 127 Å². The zero-order chi connectivity index (χ0) is 15.7. The second-order valence-electron chi connectivity index (χ2n) is 4.96. The molecule has 4 nitrogen and oxygen atoms in total. The number of ketones is 2. The topological polar surface area (TPSA) is 54.5 Å². The second kappa shape index (κ2) is 5.41. The van der Waals surface area contributed by atoms with E-state index < -0.39 is 0 Å². The Hall–Kier alpha value is -3.01. The summed E-state index contributed by atoms with van der Waals surface area (Å²) in [6.45, 7) is 1.37. The van der Waals surface area contributed by atoms with E-state index in [0.29, 0.717) is 16.8 Å². The summed E-state index contributed by atoms with van der Waals surface area (Å²) in [5, 5.41) is 0. The molecule has 1 heterocycles. The summed E-state index contributed by atoms with van der Waals surface area (Å²) in [6.07, 6.45) is 1.24. The lowest BCUT2D eigenvalue weighted by atomic mass is 10.1. The first-order valence-corrected chi connectivity index (χ1v) is 6.85. The minimum Gasteiger partial charge on any atom is -0.289 e. The van der Waals surface area contributed by atoms with Gasteiger partial charge < -0.3 is 0 Å². The van der Waals surface area contributed by atoms with Gasteiger partial charge in [-0.3, -0.25) is 19.3 Å². The third kappa shape index (κ3) is 2.24. The predicted octanol–water partition coefficient (Wildman–Crippen LogP) is 3.00. The van der Waals surface area contributed by atoms with Crippen LogP contribution < -0.4 is 4.90 Å². The summed E-state index contributed by atoms with van der Waals surface area (Å²) in [7, 11) is 0. The molecule has 0 aromatic heterocycles. The fourth-order valence-electron chi connectivity index (χ4n) is 2.51. The van der Waals surface area contributed by atoms with Crippen molar-refractivity contribution >= 4 is 23.2 Å². The summed E-state index contributed by atoms with van der Waals surface area (Å²) >= 11 is 0. The van der Waals surface area contributed by atoms with Crippen LogP contribution in [0.15, 0.2) is 66.4 Å². The Morgan fingerprint density at radius 2 is 1.59 bits per heavy atom. The summed E-state index contributed by atoms with van der Waals surface area (Å²) in [6, 6.07) is 15.5. The molecule has 22 heavy (non-hydrogen) atoms. The van der Waals surface area contributed by atoms with E-state index in [9.17, 15) is 14.4 Å². The van der Waals surface area contributed by atoms with Crippen LogP contribution in [0.5, 0.6) is 0 Å². The maximum absolute atomic E-state index is 12.5. The monoisotopic (exact) mass is 291 g/mol. The zero-order valence-corrected chi connectivity index (χ0v) is 11.9. The zero-order valence-electron chi connectivity index (χ0n) is 11.9. The average molecular weight is 291 g/mol. The van der Waals surface area contributed by atoms with Crippen LogP contribution in [0.25, 0.3) is 0 Å². The van der Waals surface area contributed by atoms with Crippen molar-refractivity contribution in [3.63, 3.8) is 0 Å². The van der Waals surface area contributed by atoms with Crippen LogP contribution in [0.2, 0.25) is 0 Å². The molecule has 2 aromatic rings. The van der Waals surface area contributed by atoms with Gasteiger partial charge in [-0.1, -0.05) is 42.5 Å². The van der Waals surface area contributed by atoms with E-state index in [2.05, 4.69) is 0 Å². The van der Waals surface area contributed by atoms with Crippen LogP contribution in [0.3, 0.4) is 0 Å². The molecule has 0 radical (unpaired) electrons. The first kappa shape index (κ1) is 13.9. The molecule has 0 saturated carbocycles. The minimum atomic E-state index is -0.310. The highest BCUT2D eigenvalue weighted by Crippen LogP contribution is 2.34. The number of Topliss-reactive ketones (excluding diaryl/α,β-unsaturated/α-hetero) is 1. The molecule has 0 aliphatic carbocycles. The molecule has 0 N–H and O–H groups in total. The molecule has 0 bridgehead atoms. The molecular weight excluding hydrogens is 278 g/mol. The number of benzene rings is 2. The number of fused-ring (bicyclic) bond motifs is 1. The molecule has 0 saturated heterocycles. The quantitative estimate of drug-likeness (QED) is 0.631. The molecule has 0 fully saturated rings. The van der Waals surface area contributed by atoms with E-state index >= 15 is 0 Å². The van der Waals surface area contributed by atoms with E-state index in [1.54, 1.807) is 48.5 Å². The summed E-state index contributed by atoms with van der Waals surface area (Å²) in [5.41, 5.74) is 1.53. The first-order chi connectivity index (χ1) is 10.6. The lowest BCUT2D eigenvalue weighted by Gasteiger charge is -2.15. The van der Waals surface area contributed by atoms with Crippen molar-refractivity contribution in [2.75, 3.05) is 4.90 Å². The number of rotatable bonds is 2. The number of allylic oxidation sites excluding steroid dienone is 2. The SMILES string of the molecule is CC(=O)N1/C(=C/C(=O)c2ccccc2)C(=O)c2ccccc21. The van der Waals surface area contributed by atoms with Crippen molar-refractivity contribution in [1.29, 1.82) is 0 Å². The van der Waals surface area contributed by atoms with Crippen molar-refractivity contribution in [3.8, 4) is 0 Å². The predicted molar refractivity (Wildman–Crippen MR) is 82.8 cm³/mol. The molecule has 1 aliphatic heterocycles. The second-order valence-corrected chi connectivity index (χ2v) is 4.96. The maximum Gasteiger partial charge on any atom is 0.228 e. The van der Waals surface area contributed by atoms with Crippen molar-refractivity contribution in [2.45, 2.75) is 6.92 Å². The number of amides is 1. The Morgan fingerprint density at radius 1 is 0.955 bits per heavy atom. The average Bonchev–Trinajstić information content (AvgIpc) is 2.81. The number of anilines is 1. The number of nitrogens with zero attached hydrogens (tertiary/aromatic N) is 1. The molecule has 0 spiro atoms. The molecule has 0 unspecified atom stereocenters. The van der Waals surface area contributed by atoms with E-state index in [-0.39, 0.29) is 23.2 Å². The molecular formula is C18H13NO3. The fourth-order valence-corrected chi connectivity index (χ4v) is 2.51. The van der Waals surface area contributed by atoms with Crippen LogP contribution in [-0.4, -0.2) is 17.5 Å². The Morgan fingerprint density at radius 3 is 2.27 bits per heavy atom. The van der Waals surface area contributed by atoms with Crippen LogP contribution in [0.1, 0.15) is 27.6 Å². The molecule has 108 valence electrons. The molecule has 0 atom stereocenters. The van der Waals surface area contributed by atoms with Crippen molar-refractivity contribution in [3.05, 3.63) is 77.5 Å². The van der Waals surface area contributed by atoms with Gasteiger partial charge in [-0.05, 0) is 12.1 Å². The molecule has 3 rings (SSSR count). The van der Waals surface area contributed by atoms with Gasteiger partial charge in [0.05, 0.1) is 5.69 Å². The Balaban J connectivity index is 2.07. The maximum atomic E-state index is 12.5. The van der Waals surface area contributed by atoms with E-state index in [0.717, 1.165) is 0 Å². The van der Waals surface area contributed by atoms with Crippen LogP contribution in [0, 0.1) is 0 Å². The Kier molecular flexibility index (Phi) is 3.43. The van der Waals surface area contributed by atoms with Crippen LogP contribution >= 0.6 is 0 Å². The molecule has 4 heteroatoms. The summed E-state index contributed by atoms with van der Waals surface area (Å²) < 4.78 is 0. The van der Waals surface area contributed by atoms with Crippen molar-refractivity contribution in [1.82, 2.24) is 0 Å².